The van der Waals surface area contributed by atoms with Crippen LogP contribution >= 0.6 is 0 Å². The fraction of sp³-hybridized carbons (Fsp3) is 0.208. The lowest BCUT2D eigenvalue weighted by molar-refractivity contribution is 0.0927. The summed E-state index contributed by atoms with van der Waals surface area (Å²) in [4.78, 5) is 23.7. The molecule has 0 fully saturated rings. The number of hydrogen-bond acceptors (Lipinski definition) is 6. The Kier molecular flexibility index (Phi) is 8.28. The minimum Gasteiger partial charge on any atom is -0.458 e. The van der Waals surface area contributed by atoms with E-state index in [1.165, 1.54) is 0 Å². The molecule has 0 atom stereocenters. The van der Waals surface area contributed by atoms with Gasteiger partial charge in [-0.1, -0.05) is 36.9 Å². The average molecular weight is 418 g/mol. The number of H-pyrrole nitrogens is 1. The third-order valence-electron chi connectivity index (χ3n) is 4.31. The smallest absolute Gasteiger partial charge is 0.176 e. The number of ketones is 1. The number of nitrogens with one attached hydrogen (secondary N) is 2. The molecule has 0 amide bonds. The SMILES string of the molecule is C=C/C(=C\CCOCNCC(=O)c1ccccc1)Oc1ccnc(-c2ncc(C)[nH]2)c1. The molecule has 7 nitrogen and oxygen atoms in total. The molecule has 0 bridgehead atoms. The maximum Gasteiger partial charge on any atom is 0.176 e. The summed E-state index contributed by atoms with van der Waals surface area (Å²) in [6, 6.07) is 12.8. The highest BCUT2D eigenvalue weighted by atomic mass is 16.5. The molecule has 0 saturated carbocycles. The number of aromatic amines is 1. The predicted octanol–water partition coefficient (Wildman–Crippen LogP) is 4.07. The zero-order chi connectivity index (χ0) is 21.9. The van der Waals surface area contributed by atoms with Gasteiger partial charge in [0.25, 0.3) is 0 Å². The van der Waals surface area contributed by atoms with Crippen molar-refractivity contribution in [3.05, 3.63) is 90.6 Å². The first-order valence-electron chi connectivity index (χ1n) is 10.0. The zero-order valence-corrected chi connectivity index (χ0v) is 17.5. The molecule has 0 unspecified atom stereocenters. The van der Waals surface area contributed by atoms with Gasteiger partial charge in [0, 0.05) is 29.7 Å². The second-order valence-corrected chi connectivity index (χ2v) is 6.76. The van der Waals surface area contributed by atoms with Gasteiger partial charge in [-0.05, 0) is 31.6 Å². The molecule has 160 valence electrons. The number of nitrogens with zero attached hydrogens (tertiary/aromatic N) is 2. The number of ether oxygens (including phenoxy) is 2. The van der Waals surface area contributed by atoms with E-state index in [4.69, 9.17) is 9.47 Å². The molecular formula is C24H26N4O3. The van der Waals surface area contributed by atoms with Crippen molar-refractivity contribution in [2.75, 3.05) is 19.9 Å². The lowest BCUT2D eigenvalue weighted by Gasteiger charge is -2.08. The van der Waals surface area contributed by atoms with Gasteiger partial charge in [0.1, 0.15) is 17.2 Å². The third kappa shape index (κ3) is 7.02. The molecule has 3 rings (SSSR count). The Morgan fingerprint density at radius 2 is 2.06 bits per heavy atom. The van der Waals surface area contributed by atoms with Crippen molar-refractivity contribution < 1.29 is 14.3 Å². The monoisotopic (exact) mass is 418 g/mol. The number of imidazole rings is 1. The summed E-state index contributed by atoms with van der Waals surface area (Å²) in [7, 11) is 0. The Bertz CT molecular complexity index is 1030. The van der Waals surface area contributed by atoms with Crippen LogP contribution in [0.4, 0.5) is 0 Å². The minimum atomic E-state index is 0.0351. The molecule has 0 aliphatic rings. The molecule has 0 saturated heterocycles. The van der Waals surface area contributed by atoms with Crippen molar-refractivity contribution in [1.82, 2.24) is 20.3 Å². The highest BCUT2D eigenvalue weighted by molar-refractivity contribution is 5.97. The molecule has 31 heavy (non-hydrogen) atoms. The van der Waals surface area contributed by atoms with Crippen LogP contribution < -0.4 is 10.1 Å². The Balaban J connectivity index is 1.40. The number of carbonyl (C=O) groups is 1. The number of hydrogen-bond donors (Lipinski definition) is 2. The van der Waals surface area contributed by atoms with Crippen molar-refractivity contribution in [2.24, 2.45) is 0 Å². The van der Waals surface area contributed by atoms with Crippen LogP contribution in [-0.4, -0.2) is 40.6 Å². The van der Waals surface area contributed by atoms with E-state index in [2.05, 4.69) is 26.8 Å². The number of pyridine rings is 1. The molecule has 1 aromatic carbocycles. The number of allylic oxidation sites excluding steroid dienone is 1. The van der Waals surface area contributed by atoms with Gasteiger partial charge in [-0.3, -0.25) is 15.1 Å². The second kappa shape index (κ2) is 11.6. The molecule has 7 heteroatoms. The number of rotatable bonds is 12. The maximum absolute atomic E-state index is 12.0. The van der Waals surface area contributed by atoms with Gasteiger partial charge in [-0.2, -0.15) is 0 Å². The van der Waals surface area contributed by atoms with E-state index >= 15 is 0 Å². The first-order chi connectivity index (χ1) is 15.2. The summed E-state index contributed by atoms with van der Waals surface area (Å²) in [6.07, 6.45) is 7.62. The first-order valence-corrected chi connectivity index (χ1v) is 10.0. The van der Waals surface area contributed by atoms with E-state index in [9.17, 15) is 4.79 Å². The van der Waals surface area contributed by atoms with Crippen LogP contribution in [0, 0.1) is 6.92 Å². The van der Waals surface area contributed by atoms with Gasteiger partial charge in [0.15, 0.2) is 11.6 Å². The van der Waals surface area contributed by atoms with Gasteiger partial charge in [0.05, 0.1) is 19.9 Å². The van der Waals surface area contributed by atoms with Gasteiger partial charge in [0.2, 0.25) is 0 Å². The lowest BCUT2D eigenvalue weighted by atomic mass is 10.1. The summed E-state index contributed by atoms with van der Waals surface area (Å²) in [5.74, 6) is 2.00. The standard InChI is InChI=1S/C24H26N4O3/c1-3-20(31-21-11-12-26-22(14-21)24-27-15-18(2)28-24)10-7-13-30-17-25-16-23(29)19-8-5-4-6-9-19/h3-6,8-12,14-15,25H,1,7,13,16-17H2,2H3,(H,27,28)/b20-10+. The Morgan fingerprint density at radius 3 is 2.81 bits per heavy atom. The third-order valence-corrected chi connectivity index (χ3v) is 4.31. The van der Waals surface area contributed by atoms with E-state index in [1.807, 2.05) is 37.3 Å². The molecule has 0 aliphatic carbocycles. The van der Waals surface area contributed by atoms with E-state index < -0.39 is 0 Å². The number of aryl methyl sites for hydroxylation is 1. The summed E-state index contributed by atoms with van der Waals surface area (Å²) in [5, 5.41) is 2.99. The molecular weight excluding hydrogens is 392 g/mol. The summed E-state index contributed by atoms with van der Waals surface area (Å²) in [5.41, 5.74) is 2.36. The van der Waals surface area contributed by atoms with Crippen LogP contribution in [0.5, 0.6) is 5.75 Å². The van der Waals surface area contributed by atoms with Crippen LogP contribution in [0.3, 0.4) is 0 Å². The fourth-order valence-corrected chi connectivity index (χ4v) is 2.77. The first kappa shape index (κ1) is 22.1. The number of carbonyl (C=O) groups excluding carboxylic acids is 1. The number of Topliss-reactive ketones (excluding diaryl/α,β-unsaturated/α-hetero) is 1. The van der Waals surface area contributed by atoms with Crippen LogP contribution in [0.15, 0.2) is 79.3 Å². The van der Waals surface area contributed by atoms with E-state index in [0.717, 1.165) is 5.69 Å². The Morgan fingerprint density at radius 1 is 1.23 bits per heavy atom. The van der Waals surface area contributed by atoms with Crippen LogP contribution in [0.2, 0.25) is 0 Å². The van der Waals surface area contributed by atoms with Crippen molar-refractivity contribution in [1.29, 1.82) is 0 Å². The van der Waals surface area contributed by atoms with Crippen molar-refractivity contribution in [2.45, 2.75) is 13.3 Å². The molecule has 2 aromatic heterocycles. The quantitative estimate of drug-likeness (QED) is 0.152. The van der Waals surface area contributed by atoms with E-state index in [-0.39, 0.29) is 12.3 Å². The van der Waals surface area contributed by atoms with E-state index in [1.54, 1.807) is 36.7 Å². The molecule has 0 spiro atoms. The predicted molar refractivity (Wildman–Crippen MR) is 120 cm³/mol. The Labute approximate surface area is 181 Å². The second-order valence-electron chi connectivity index (χ2n) is 6.76. The summed E-state index contributed by atoms with van der Waals surface area (Å²) in [6.45, 7) is 6.76. The maximum atomic E-state index is 12.0. The number of benzene rings is 1. The molecule has 0 radical (unpaired) electrons. The number of aromatic nitrogens is 3. The summed E-state index contributed by atoms with van der Waals surface area (Å²) < 4.78 is 11.4. The van der Waals surface area contributed by atoms with Gasteiger partial charge in [-0.15, -0.1) is 0 Å². The largest absolute Gasteiger partial charge is 0.458 e. The molecule has 0 aliphatic heterocycles. The zero-order valence-electron chi connectivity index (χ0n) is 17.5. The normalized spacial score (nSPS) is 11.3. The van der Waals surface area contributed by atoms with Crippen molar-refractivity contribution >= 4 is 5.78 Å². The van der Waals surface area contributed by atoms with Crippen molar-refractivity contribution in [3.63, 3.8) is 0 Å². The Hall–Kier alpha value is -3.55. The topological polar surface area (TPSA) is 89.1 Å². The summed E-state index contributed by atoms with van der Waals surface area (Å²) >= 11 is 0. The molecule has 2 N–H and O–H groups in total. The van der Waals surface area contributed by atoms with Crippen LogP contribution in [0.1, 0.15) is 22.5 Å². The minimum absolute atomic E-state index is 0.0351. The van der Waals surface area contributed by atoms with Crippen molar-refractivity contribution in [3.8, 4) is 17.3 Å². The van der Waals surface area contributed by atoms with Crippen LogP contribution in [0.25, 0.3) is 11.5 Å². The van der Waals surface area contributed by atoms with E-state index in [0.29, 0.717) is 48.3 Å². The fourth-order valence-electron chi connectivity index (χ4n) is 2.77. The highest BCUT2D eigenvalue weighted by Gasteiger charge is 2.06. The average Bonchev–Trinajstić information content (AvgIpc) is 3.24. The lowest BCUT2D eigenvalue weighted by Crippen LogP contribution is -2.25. The molecule has 3 aromatic rings. The van der Waals surface area contributed by atoms with Gasteiger partial charge in [-0.25, -0.2) is 4.98 Å². The van der Waals surface area contributed by atoms with Crippen LogP contribution in [-0.2, 0) is 4.74 Å². The highest BCUT2D eigenvalue weighted by Crippen LogP contribution is 2.21. The molecule has 2 heterocycles. The van der Waals surface area contributed by atoms with Gasteiger partial charge >= 0.3 is 0 Å². The van der Waals surface area contributed by atoms with Gasteiger partial charge < -0.3 is 14.5 Å².